The van der Waals surface area contributed by atoms with Crippen LogP contribution in [0.5, 0.6) is 0 Å². The normalized spacial score (nSPS) is 9.80. The number of nitrogens with two attached hydrogens (primary N) is 1. The molecule has 0 saturated carbocycles. The molecule has 0 aliphatic heterocycles. The van der Waals surface area contributed by atoms with Crippen LogP contribution in [-0.4, -0.2) is 17.4 Å². The van der Waals surface area contributed by atoms with Crippen molar-refractivity contribution in [3.05, 3.63) is 22.2 Å². The lowest BCUT2D eigenvalue weighted by atomic mass is 10.3. The Morgan fingerprint density at radius 1 is 1.60 bits per heavy atom. The molecule has 0 aliphatic rings. The third kappa shape index (κ3) is 3.36. The minimum atomic E-state index is -0.112. The van der Waals surface area contributed by atoms with Crippen LogP contribution in [-0.2, 0) is 0 Å². The van der Waals surface area contributed by atoms with Crippen LogP contribution in [0.1, 0.15) is 29.2 Å². The van der Waals surface area contributed by atoms with Gasteiger partial charge in [0.25, 0.3) is 5.91 Å². The monoisotopic (exact) mass is 225 g/mol. The molecule has 0 spiro atoms. The minimum absolute atomic E-state index is 0.112. The maximum Gasteiger partial charge on any atom is 0.263 e. The van der Waals surface area contributed by atoms with Gasteiger partial charge in [-0.15, -0.1) is 0 Å². The molecule has 82 valence electrons. The maximum absolute atomic E-state index is 11.6. The van der Waals surface area contributed by atoms with E-state index in [0.717, 1.165) is 0 Å². The molecule has 0 aromatic carbocycles. The molecule has 3 N–H and O–H groups in total. The number of nitrogens with one attached hydrogen (secondary N) is 1. The van der Waals surface area contributed by atoms with E-state index in [9.17, 15) is 4.79 Å². The fourth-order valence-corrected chi connectivity index (χ4v) is 1.81. The third-order valence-corrected chi connectivity index (χ3v) is 2.78. The first-order chi connectivity index (χ1) is 7.00. The van der Waals surface area contributed by atoms with Crippen LogP contribution < -0.4 is 11.1 Å². The molecular weight excluding hydrogens is 210 g/mol. The summed E-state index contributed by atoms with van der Waals surface area (Å²) in [6, 6.07) is 0. The number of rotatable bonds is 3. The van der Waals surface area contributed by atoms with Gasteiger partial charge in [0, 0.05) is 6.54 Å². The van der Waals surface area contributed by atoms with Gasteiger partial charge in [0.2, 0.25) is 0 Å². The Kier molecular flexibility index (Phi) is 3.85. The Balaban J connectivity index is 2.62. The molecule has 0 atom stereocenters. The van der Waals surface area contributed by atoms with Crippen molar-refractivity contribution >= 4 is 22.4 Å². The molecule has 1 aromatic heterocycles. The lowest BCUT2D eigenvalue weighted by Crippen LogP contribution is -2.23. The third-order valence-electron chi connectivity index (χ3n) is 1.79. The summed E-state index contributed by atoms with van der Waals surface area (Å²) in [6.07, 6.45) is 1.96. The Labute approximate surface area is 93.2 Å². The van der Waals surface area contributed by atoms with Crippen molar-refractivity contribution in [2.75, 3.05) is 12.3 Å². The number of hydrogen-bond donors (Lipinski definition) is 2. The zero-order chi connectivity index (χ0) is 11.4. The quantitative estimate of drug-likeness (QED) is 0.770. The number of aromatic nitrogens is 1. The molecule has 0 fully saturated rings. The molecular formula is C10H15N3OS. The van der Waals surface area contributed by atoms with Crippen LogP contribution in [0, 0.1) is 6.92 Å². The number of allylic oxidation sites excluding steroid dienone is 1. The average Bonchev–Trinajstić information content (AvgIpc) is 2.44. The fourth-order valence-electron chi connectivity index (χ4n) is 1.06. The number of carbonyl (C=O) groups is 1. The van der Waals surface area contributed by atoms with Crippen molar-refractivity contribution in [2.45, 2.75) is 20.8 Å². The van der Waals surface area contributed by atoms with Gasteiger partial charge in [0.15, 0.2) is 5.13 Å². The molecule has 5 heteroatoms. The SMILES string of the molecule is CC(C)=CCNC(=O)c1sc(N)nc1C. The molecule has 1 aromatic rings. The number of hydrogen-bond acceptors (Lipinski definition) is 4. The molecule has 1 amide bonds. The second kappa shape index (κ2) is 4.93. The Hall–Kier alpha value is -1.36. The van der Waals surface area contributed by atoms with Crippen LogP contribution in [0.2, 0.25) is 0 Å². The van der Waals surface area contributed by atoms with Crippen LogP contribution in [0.15, 0.2) is 11.6 Å². The highest BCUT2D eigenvalue weighted by Gasteiger charge is 2.12. The van der Waals surface area contributed by atoms with Gasteiger partial charge in [-0.2, -0.15) is 0 Å². The summed E-state index contributed by atoms with van der Waals surface area (Å²) in [6.45, 7) is 6.30. The molecule has 0 radical (unpaired) electrons. The number of aryl methyl sites for hydroxylation is 1. The van der Waals surface area contributed by atoms with Crippen molar-refractivity contribution in [3.63, 3.8) is 0 Å². The van der Waals surface area contributed by atoms with Crippen molar-refractivity contribution in [3.8, 4) is 0 Å². The topological polar surface area (TPSA) is 68.0 Å². The number of nitrogens with zero attached hydrogens (tertiary/aromatic N) is 1. The van der Waals surface area contributed by atoms with E-state index >= 15 is 0 Å². The maximum atomic E-state index is 11.6. The minimum Gasteiger partial charge on any atom is -0.375 e. The van der Waals surface area contributed by atoms with Crippen LogP contribution in [0.3, 0.4) is 0 Å². The smallest absolute Gasteiger partial charge is 0.263 e. The van der Waals surface area contributed by atoms with E-state index in [4.69, 9.17) is 5.73 Å². The summed E-state index contributed by atoms with van der Waals surface area (Å²) in [5.41, 5.74) is 7.37. The summed E-state index contributed by atoms with van der Waals surface area (Å²) in [5.74, 6) is -0.112. The molecule has 4 nitrogen and oxygen atoms in total. The van der Waals surface area contributed by atoms with E-state index in [-0.39, 0.29) is 5.91 Å². The van der Waals surface area contributed by atoms with Gasteiger partial charge in [-0.1, -0.05) is 23.0 Å². The molecule has 1 rings (SSSR count). The highest BCUT2D eigenvalue weighted by atomic mass is 32.1. The summed E-state index contributed by atoms with van der Waals surface area (Å²) < 4.78 is 0. The van der Waals surface area contributed by atoms with E-state index in [0.29, 0.717) is 22.2 Å². The lowest BCUT2D eigenvalue weighted by Gasteiger charge is -2.00. The van der Waals surface area contributed by atoms with E-state index in [2.05, 4.69) is 10.3 Å². The van der Waals surface area contributed by atoms with Gasteiger partial charge in [-0.3, -0.25) is 4.79 Å². The zero-order valence-electron chi connectivity index (χ0n) is 9.13. The van der Waals surface area contributed by atoms with E-state index < -0.39 is 0 Å². The van der Waals surface area contributed by atoms with Crippen molar-refractivity contribution in [1.82, 2.24) is 10.3 Å². The molecule has 1 heterocycles. The first-order valence-corrected chi connectivity index (χ1v) is 5.47. The largest absolute Gasteiger partial charge is 0.375 e. The molecule has 0 bridgehead atoms. The van der Waals surface area contributed by atoms with Crippen LogP contribution in [0.25, 0.3) is 0 Å². The average molecular weight is 225 g/mol. The van der Waals surface area contributed by atoms with Crippen LogP contribution >= 0.6 is 11.3 Å². The summed E-state index contributed by atoms with van der Waals surface area (Å²) in [4.78, 5) is 16.2. The number of thiazole rings is 1. The van der Waals surface area contributed by atoms with E-state index in [1.165, 1.54) is 16.9 Å². The van der Waals surface area contributed by atoms with Crippen LogP contribution in [0.4, 0.5) is 5.13 Å². The zero-order valence-corrected chi connectivity index (χ0v) is 9.94. The number of anilines is 1. The first kappa shape index (κ1) is 11.7. The van der Waals surface area contributed by atoms with Gasteiger partial charge < -0.3 is 11.1 Å². The van der Waals surface area contributed by atoms with Gasteiger partial charge in [0.1, 0.15) is 4.88 Å². The molecule has 0 aliphatic carbocycles. The number of nitrogen functional groups attached to an aromatic ring is 1. The molecule has 0 unspecified atom stereocenters. The second-order valence-corrected chi connectivity index (χ2v) is 4.49. The number of amides is 1. The first-order valence-electron chi connectivity index (χ1n) is 4.65. The van der Waals surface area contributed by atoms with Crippen molar-refractivity contribution < 1.29 is 4.79 Å². The molecule has 15 heavy (non-hydrogen) atoms. The van der Waals surface area contributed by atoms with Gasteiger partial charge >= 0.3 is 0 Å². The highest BCUT2D eigenvalue weighted by molar-refractivity contribution is 7.17. The lowest BCUT2D eigenvalue weighted by molar-refractivity contribution is 0.0961. The van der Waals surface area contributed by atoms with E-state index in [1.807, 2.05) is 19.9 Å². The standard InChI is InChI=1S/C10H15N3OS/c1-6(2)4-5-12-9(14)8-7(3)13-10(11)15-8/h4H,5H2,1-3H3,(H2,11,13)(H,12,14). The van der Waals surface area contributed by atoms with Gasteiger partial charge in [-0.25, -0.2) is 4.98 Å². The summed E-state index contributed by atoms with van der Waals surface area (Å²) in [7, 11) is 0. The Bertz CT molecular complexity index is 391. The number of carbonyl (C=O) groups excluding carboxylic acids is 1. The predicted molar refractivity (Wildman–Crippen MR) is 63.0 cm³/mol. The Morgan fingerprint density at radius 3 is 2.73 bits per heavy atom. The van der Waals surface area contributed by atoms with E-state index in [1.54, 1.807) is 6.92 Å². The van der Waals surface area contributed by atoms with Gasteiger partial charge in [0.05, 0.1) is 5.69 Å². The van der Waals surface area contributed by atoms with Crippen molar-refractivity contribution in [2.24, 2.45) is 0 Å². The Morgan fingerprint density at radius 2 is 2.27 bits per heavy atom. The highest BCUT2D eigenvalue weighted by Crippen LogP contribution is 2.19. The summed E-state index contributed by atoms with van der Waals surface area (Å²) >= 11 is 1.22. The summed E-state index contributed by atoms with van der Waals surface area (Å²) in [5, 5.41) is 3.21. The van der Waals surface area contributed by atoms with Crippen molar-refractivity contribution in [1.29, 1.82) is 0 Å². The fraction of sp³-hybridized carbons (Fsp3) is 0.400. The molecule has 0 saturated heterocycles. The predicted octanol–water partition coefficient (Wildman–Crippen LogP) is 1.73. The van der Waals surface area contributed by atoms with Gasteiger partial charge in [-0.05, 0) is 20.8 Å². The second-order valence-electron chi connectivity index (χ2n) is 3.46.